The Labute approximate surface area is 159 Å². The van der Waals surface area contributed by atoms with E-state index in [9.17, 15) is 4.79 Å². The van der Waals surface area contributed by atoms with Crippen LogP contribution in [0.25, 0.3) is 11.1 Å². The summed E-state index contributed by atoms with van der Waals surface area (Å²) in [6.07, 6.45) is 4.98. The fourth-order valence-electron chi connectivity index (χ4n) is 2.67. The summed E-state index contributed by atoms with van der Waals surface area (Å²) >= 11 is 0. The minimum Gasteiger partial charge on any atom is -0.493 e. The molecule has 138 valence electrons. The van der Waals surface area contributed by atoms with Gasteiger partial charge in [-0.25, -0.2) is 4.79 Å². The highest BCUT2D eigenvalue weighted by Crippen LogP contribution is 2.29. The molecule has 2 N–H and O–H groups in total. The lowest BCUT2D eigenvalue weighted by atomic mass is 10.1. The van der Waals surface area contributed by atoms with Crippen LogP contribution in [0.2, 0.25) is 0 Å². The molecule has 0 fully saturated rings. The van der Waals surface area contributed by atoms with Crippen LogP contribution in [0, 0.1) is 0 Å². The first-order valence-corrected chi connectivity index (χ1v) is 9.05. The zero-order chi connectivity index (χ0) is 18.7. The van der Waals surface area contributed by atoms with E-state index in [1.807, 2.05) is 36.4 Å². The standard InChI is InChI=1S/C22H23N3O2/c26-22(25-19-12-15-23-16-13-19)24-14-6-7-17-27-21-11-5-4-10-20(21)18-8-2-1-3-9-18/h1-5,8-13,15-16H,6-7,14,17H2,(H2,23,24,25,26). The van der Waals surface area contributed by atoms with E-state index in [0.717, 1.165) is 35.4 Å². The molecule has 0 radical (unpaired) electrons. The van der Waals surface area contributed by atoms with Crippen molar-refractivity contribution in [2.75, 3.05) is 18.5 Å². The Morgan fingerprint density at radius 2 is 1.63 bits per heavy atom. The number of anilines is 1. The van der Waals surface area contributed by atoms with Crippen molar-refractivity contribution in [3.63, 3.8) is 0 Å². The van der Waals surface area contributed by atoms with Gasteiger partial charge in [0, 0.05) is 30.2 Å². The minimum atomic E-state index is -0.212. The van der Waals surface area contributed by atoms with Crippen molar-refractivity contribution in [1.82, 2.24) is 10.3 Å². The Morgan fingerprint density at radius 1 is 0.889 bits per heavy atom. The first kappa shape index (κ1) is 18.5. The summed E-state index contributed by atoms with van der Waals surface area (Å²) in [7, 11) is 0. The van der Waals surface area contributed by atoms with Crippen LogP contribution in [0.5, 0.6) is 5.75 Å². The van der Waals surface area contributed by atoms with Crippen molar-refractivity contribution in [3.8, 4) is 16.9 Å². The van der Waals surface area contributed by atoms with Crippen molar-refractivity contribution in [2.24, 2.45) is 0 Å². The Balaban J connectivity index is 1.38. The van der Waals surface area contributed by atoms with Gasteiger partial charge in [-0.05, 0) is 36.6 Å². The number of aromatic nitrogens is 1. The number of urea groups is 1. The summed E-state index contributed by atoms with van der Waals surface area (Å²) in [6, 6.07) is 21.5. The number of para-hydroxylation sites is 1. The number of pyridine rings is 1. The topological polar surface area (TPSA) is 63.2 Å². The molecule has 0 spiro atoms. The zero-order valence-electron chi connectivity index (χ0n) is 15.1. The van der Waals surface area contributed by atoms with Gasteiger partial charge in [0.15, 0.2) is 0 Å². The SMILES string of the molecule is O=C(NCCCCOc1ccccc1-c1ccccc1)Nc1ccncc1. The van der Waals surface area contributed by atoms with E-state index >= 15 is 0 Å². The summed E-state index contributed by atoms with van der Waals surface area (Å²) in [6.45, 7) is 1.21. The third-order valence-corrected chi connectivity index (χ3v) is 4.02. The van der Waals surface area contributed by atoms with Gasteiger partial charge in [0.2, 0.25) is 0 Å². The maximum Gasteiger partial charge on any atom is 0.319 e. The molecule has 5 nitrogen and oxygen atoms in total. The van der Waals surface area contributed by atoms with Crippen LogP contribution < -0.4 is 15.4 Å². The molecule has 0 aliphatic carbocycles. The number of carbonyl (C=O) groups is 1. The van der Waals surface area contributed by atoms with Crippen molar-refractivity contribution in [1.29, 1.82) is 0 Å². The molecule has 0 saturated carbocycles. The average Bonchev–Trinajstić information content (AvgIpc) is 2.72. The monoisotopic (exact) mass is 361 g/mol. The van der Waals surface area contributed by atoms with Gasteiger partial charge in [-0.15, -0.1) is 0 Å². The van der Waals surface area contributed by atoms with Crippen LogP contribution in [0.4, 0.5) is 10.5 Å². The van der Waals surface area contributed by atoms with Gasteiger partial charge in [0.05, 0.1) is 6.61 Å². The molecule has 3 rings (SSSR count). The third-order valence-electron chi connectivity index (χ3n) is 4.02. The number of unbranched alkanes of at least 4 members (excludes halogenated alkanes) is 1. The Bertz CT molecular complexity index is 838. The molecular formula is C22H23N3O2. The lowest BCUT2D eigenvalue weighted by Crippen LogP contribution is -2.29. The van der Waals surface area contributed by atoms with Crippen molar-refractivity contribution in [3.05, 3.63) is 79.1 Å². The average molecular weight is 361 g/mol. The molecule has 3 aromatic rings. The number of hydrogen-bond donors (Lipinski definition) is 2. The molecule has 0 unspecified atom stereocenters. The van der Waals surface area contributed by atoms with Gasteiger partial charge in [-0.3, -0.25) is 4.98 Å². The summed E-state index contributed by atoms with van der Waals surface area (Å²) in [5.74, 6) is 0.882. The molecule has 0 atom stereocenters. The maximum atomic E-state index is 11.8. The first-order chi connectivity index (χ1) is 13.3. The second-order valence-corrected chi connectivity index (χ2v) is 6.03. The molecule has 2 aromatic carbocycles. The highest BCUT2D eigenvalue weighted by atomic mass is 16.5. The molecule has 0 bridgehead atoms. The number of rotatable bonds is 8. The molecule has 1 heterocycles. The van der Waals surface area contributed by atoms with E-state index in [4.69, 9.17) is 4.74 Å². The van der Waals surface area contributed by atoms with Gasteiger partial charge in [-0.1, -0.05) is 48.5 Å². The van der Waals surface area contributed by atoms with Crippen LogP contribution in [0.1, 0.15) is 12.8 Å². The number of ether oxygens (including phenoxy) is 1. The van der Waals surface area contributed by atoms with Gasteiger partial charge < -0.3 is 15.4 Å². The second kappa shape index (κ2) is 9.97. The van der Waals surface area contributed by atoms with Gasteiger partial charge in [0.25, 0.3) is 0 Å². The molecule has 0 saturated heterocycles. The number of carbonyl (C=O) groups excluding carboxylic acids is 1. The van der Waals surface area contributed by atoms with Gasteiger partial charge in [-0.2, -0.15) is 0 Å². The normalized spacial score (nSPS) is 10.2. The number of nitrogens with one attached hydrogen (secondary N) is 2. The Kier molecular flexibility index (Phi) is 6.81. The largest absolute Gasteiger partial charge is 0.493 e. The summed E-state index contributed by atoms with van der Waals surface area (Å²) in [5, 5.41) is 5.60. The van der Waals surface area contributed by atoms with E-state index < -0.39 is 0 Å². The van der Waals surface area contributed by atoms with Crippen molar-refractivity contribution >= 4 is 11.7 Å². The lowest BCUT2D eigenvalue weighted by Gasteiger charge is -2.12. The molecule has 27 heavy (non-hydrogen) atoms. The molecular weight excluding hydrogens is 338 g/mol. The molecule has 0 aliphatic rings. The van der Waals surface area contributed by atoms with Gasteiger partial charge >= 0.3 is 6.03 Å². The summed E-state index contributed by atoms with van der Waals surface area (Å²) in [4.78, 5) is 15.7. The van der Waals surface area contributed by atoms with E-state index in [1.165, 1.54) is 0 Å². The smallest absolute Gasteiger partial charge is 0.319 e. The van der Waals surface area contributed by atoms with Crippen molar-refractivity contribution in [2.45, 2.75) is 12.8 Å². The number of benzene rings is 2. The molecule has 5 heteroatoms. The van der Waals surface area contributed by atoms with E-state index in [-0.39, 0.29) is 6.03 Å². The van der Waals surface area contributed by atoms with Gasteiger partial charge in [0.1, 0.15) is 5.75 Å². The van der Waals surface area contributed by atoms with Crippen LogP contribution in [-0.2, 0) is 0 Å². The second-order valence-electron chi connectivity index (χ2n) is 6.03. The van der Waals surface area contributed by atoms with Crippen LogP contribution in [-0.4, -0.2) is 24.2 Å². The van der Waals surface area contributed by atoms with E-state index in [0.29, 0.717) is 13.2 Å². The number of nitrogens with zero attached hydrogens (tertiary/aromatic N) is 1. The predicted octanol–water partition coefficient (Wildman–Crippen LogP) is 4.73. The zero-order valence-corrected chi connectivity index (χ0v) is 15.1. The van der Waals surface area contributed by atoms with Crippen LogP contribution in [0.3, 0.4) is 0 Å². The van der Waals surface area contributed by atoms with Crippen LogP contribution >= 0.6 is 0 Å². The first-order valence-electron chi connectivity index (χ1n) is 9.05. The highest BCUT2D eigenvalue weighted by molar-refractivity contribution is 5.89. The third kappa shape index (κ3) is 5.85. The summed E-state index contributed by atoms with van der Waals surface area (Å²) in [5.41, 5.74) is 2.96. The van der Waals surface area contributed by atoms with Crippen molar-refractivity contribution < 1.29 is 9.53 Å². The predicted molar refractivity (Wildman–Crippen MR) is 108 cm³/mol. The maximum absolute atomic E-state index is 11.8. The molecule has 2 amide bonds. The lowest BCUT2D eigenvalue weighted by molar-refractivity contribution is 0.251. The summed E-state index contributed by atoms with van der Waals surface area (Å²) < 4.78 is 5.96. The highest BCUT2D eigenvalue weighted by Gasteiger charge is 2.05. The Hall–Kier alpha value is -3.34. The fraction of sp³-hybridized carbons (Fsp3) is 0.182. The van der Waals surface area contributed by atoms with E-state index in [1.54, 1.807) is 24.5 Å². The number of hydrogen-bond acceptors (Lipinski definition) is 3. The van der Waals surface area contributed by atoms with Crippen LogP contribution in [0.15, 0.2) is 79.1 Å². The van der Waals surface area contributed by atoms with E-state index in [2.05, 4.69) is 33.8 Å². The molecule has 1 aromatic heterocycles. The fourth-order valence-corrected chi connectivity index (χ4v) is 2.67. The number of amides is 2. The Morgan fingerprint density at radius 3 is 2.44 bits per heavy atom. The minimum absolute atomic E-state index is 0.212. The molecule has 0 aliphatic heterocycles. The quantitative estimate of drug-likeness (QED) is 0.570.